The summed E-state index contributed by atoms with van der Waals surface area (Å²) >= 11 is 11.8. The number of carbonyl (C=O) groups is 2. The molecule has 0 aliphatic rings. The van der Waals surface area contributed by atoms with Crippen LogP contribution < -0.4 is 10.2 Å². The van der Waals surface area contributed by atoms with Crippen LogP contribution in [-0.4, -0.2) is 18.1 Å². The Morgan fingerprint density at radius 1 is 0.929 bits per heavy atom. The minimum Gasteiger partial charge on any atom is -0.423 e. The first-order valence-corrected chi connectivity index (χ1v) is 8.94. The normalized spacial score (nSPS) is 10.6. The van der Waals surface area contributed by atoms with Crippen molar-refractivity contribution in [3.8, 4) is 5.75 Å². The van der Waals surface area contributed by atoms with E-state index in [1.807, 2.05) is 0 Å². The van der Waals surface area contributed by atoms with E-state index in [4.69, 9.17) is 27.9 Å². The molecule has 3 aromatic rings. The van der Waals surface area contributed by atoms with Crippen LogP contribution in [0.4, 0.5) is 0 Å². The number of hydrogen-bond acceptors (Lipinski definition) is 4. The number of nitrogens with one attached hydrogen (secondary N) is 1. The van der Waals surface area contributed by atoms with Gasteiger partial charge in [-0.05, 0) is 60.2 Å². The van der Waals surface area contributed by atoms with Crippen molar-refractivity contribution in [3.63, 3.8) is 0 Å². The van der Waals surface area contributed by atoms with Crippen LogP contribution in [0.3, 0.4) is 0 Å². The Bertz CT molecular complexity index is 1030. The van der Waals surface area contributed by atoms with E-state index < -0.39 is 5.97 Å². The molecule has 3 aromatic carbocycles. The number of hydrogen-bond donors (Lipinski definition) is 1. The number of esters is 1. The predicted molar refractivity (Wildman–Crippen MR) is 109 cm³/mol. The highest BCUT2D eigenvalue weighted by molar-refractivity contribution is 6.33. The molecule has 0 saturated heterocycles. The van der Waals surface area contributed by atoms with Crippen LogP contribution in [0.5, 0.6) is 5.75 Å². The molecule has 0 fully saturated rings. The van der Waals surface area contributed by atoms with Gasteiger partial charge < -0.3 is 4.74 Å². The van der Waals surface area contributed by atoms with Crippen LogP contribution in [-0.2, 0) is 0 Å². The van der Waals surface area contributed by atoms with Crippen molar-refractivity contribution < 1.29 is 14.3 Å². The lowest BCUT2D eigenvalue weighted by atomic mass is 10.2. The first-order chi connectivity index (χ1) is 13.5. The van der Waals surface area contributed by atoms with Crippen LogP contribution in [0.1, 0.15) is 26.3 Å². The molecule has 0 atom stereocenters. The Hall–Kier alpha value is -3.15. The molecule has 140 valence electrons. The summed E-state index contributed by atoms with van der Waals surface area (Å²) in [5.74, 6) is -0.546. The van der Waals surface area contributed by atoms with Crippen molar-refractivity contribution in [2.45, 2.75) is 0 Å². The zero-order valence-corrected chi connectivity index (χ0v) is 15.9. The number of ether oxygens (including phenoxy) is 1. The Balaban J connectivity index is 1.58. The molecule has 0 saturated carbocycles. The van der Waals surface area contributed by atoms with Crippen LogP contribution in [0.25, 0.3) is 0 Å². The molecule has 0 aliphatic carbocycles. The van der Waals surface area contributed by atoms with Gasteiger partial charge in [0.15, 0.2) is 0 Å². The maximum atomic E-state index is 12.1. The smallest absolute Gasteiger partial charge is 0.345 e. The van der Waals surface area contributed by atoms with Gasteiger partial charge in [-0.3, -0.25) is 4.79 Å². The van der Waals surface area contributed by atoms with Crippen LogP contribution in [0.2, 0.25) is 10.0 Å². The van der Waals surface area contributed by atoms with Crippen molar-refractivity contribution >= 4 is 41.3 Å². The number of rotatable bonds is 5. The fourth-order valence-electron chi connectivity index (χ4n) is 2.27. The summed E-state index contributed by atoms with van der Waals surface area (Å²) in [5, 5.41) is 4.70. The van der Waals surface area contributed by atoms with Crippen molar-refractivity contribution in [1.82, 2.24) is 5.43 Å². The van der Waals surface area contributed by atoms with Gasteiger partial charge in [-0.1, -0.05) is 41.4 Å². The molecule has 0 aliphatic heterocycles. The predicted octanol–water partition coefficient (Wildman–Crippen LogP) is 4.98. The van der Waals surface area contributed by atoms with Gasteiger partial charge >= 0.3 is 5.97 Å². The molecule has 1 N–H and O–H groups in total. The molecule has 0 radical (unpaired) electrons. The fourth-order valence-corrected chi connectivity index (χ4v) is 2.67. The van der Waals surface area contributed by atoms with Gasteiger partial charge in [-0.15, -0.1) is 0 Å². The summed E-state index contributed by atoms with van der Waals surface area (Å²) in [5.41, 5.74) is 3.83. The quantitative estimate of drug-likeness (QED) is 0.278. The second kappa shape index (κ2) is 9.17. The Morgan fingerprint density at radius 2 is 1.68 bits per heavy atom. The Labute approximate surface area is 171 Å². The molecule has 0 bridgehead atoms. The third kappa shape index (κ3) is 5.19. The lowest BCUT2D eigenvalue weighted by Crippen LogP contribution is -2.17. The average molecular weight is 413 g/mol. The van der Waals surface area contributed by atoms with E-state index in [-0.39, 0.29) is 5.91 Å². The van der Waals surface area contributed by atoms with Crippen LogP contribution >= 0.6 is 23.2 Å². The molecule has 0 unspecified atom stereocenters. The SMILES string of the molecule is O=C(N/N=C\c1ccc(OC(=O)c2ccccc2Cl)cc1)c1cccc(Cl)c1. The minimum atomic E-state index is -0.541. The Kier molecular flexibility index (Phi) is 6.42. The molecule has 1 amide bonds. The second-order valence-electron chi connectivity index (χ2n) is 5.65. The molecule has 0 heterocycles. The van der Waals surface area contributed by atoms with Gasteiger partial charge in [0.05, 0.1) is 16.8 Å². The molecular formula is C21H14Cl2N2O3. The van der Waals surface area contributed by atoms with Crippen molar-refractivity contribution in [1.29, 1.82) is 0 Å². The highest BCUT2D eigenvalue weighted by atomic mass is 35.5. The minimum absolute atomic E-state index is 0.290. The summed E-state index contributed by atoms with van der Waals surface area (Å²) in [6.45, 7) is 0. The maximum Gasteiger partial charge on any atom is 0.345 e. The third-order valence-corrected chi connectivity index (χ3v) is 4.22. The van der Waals surface area contributed by atoms with Gasteiger partial charge in [-0.2, -0.15) is 5.10 Å². The summed E-state index contributed by atoms with van der Waals surface area (Å²) in [6, 6.07) is 19.8. The number of nitrogens with zero attached hydrogens (tertiary/aromatic N) is 1. The monoisotopic (exact) mass is 412 g/mol. The van der Waals surface area contributed by atoms with E-state index in [9.17, 15) is 9.59 Å². The largest absolute Gasteiger partial charge is 0.423 e. The molecule has 7 heteroatoms. The third-order valence-electron chi connectivity index (χ3n) is 3.65. The number of amides is 1. The standard InChI is InChI=1S/C21H14Cl2N2O3/c22-16-5-3-4-15(12-16)20(26)25-24-13-14-8-10-17(11-9-14)28-21(27)18-6-1-2-7-19(18)23/h1-13H,(H,25,26)/b24-13-. The van der Waals surface area contributed by atoms with Crippen LogP contribution in [0, 0.1) is 0 Å². The number of hydrazone groups is 1. The number of carbonyl (C=O) groups excluding carboxylic acids is 2. The number of halogens is 2. The zero-order chi connectivity index (χ0) is 19.9. The average Bonchev–Trinajstić information content (AvgIpc) is 2.69. The highest BCUT2D eigenvalue weighted by Crippen LogP contribution is 2.19. The first kappa shape index (κ1) is 19.6. The van der Waals surface area contributed by atoms with E-state index >= 15 is 0 Å². The van der Waals surface area contributed by atoms with E-state index in [2.05, 4.69) is 10.5 Å². The first-order valence-electron chi connectivity index (χ1n) is 8.19. The fraction of sp³-hybridized carbons (Fsp3) is 0. The van der Waals surface area contributed by atoms with Gasteiger partial charge in [0.25, 0.3) is 5.91 Å². The highest BCUT2D eigenvalue weighted by Gasteiger charge is 2.12. The van der Waals surface area contributed by atoms with E-state index in [1.54, 1.807) is 72.8 Å². The number of benzene rings is 3. The summed E-state index contributed by atoms with van der Waals surface area (Å²) in [6.07, 6.45) is 1.47. The molecular weight excluding hydrogens is 399 g/mol. The maximum absolute atomic E-state index is 12.1. The van der Waals surface area contributed by atoms with E-state index in [0.29, 0.717) is 32.5 Å². The summed E-state index contributed by atoms with van der Waals surface area (Å²) in [7, 11) is 0. The van der Waals surface area contributed by atoms with Gasteiger partial charge in [0.1, 0.15) is 5.75 Å². The molecule has 0 aromatic heterocycles. The van der Waals surface area contributed by atoms with Gasteiger partial charge in [-0.25, -0.2) is 10.2 Å². The summed E-state index contributed by atoms with van der Waals surface area (Å²) < 4.78 is 5.30. The summed E-state index contributed by atoms with van der Waals surface area (Å²) in [4.78, 5) is 24.1. The van der Waals surface area contributed by atoms with Gasteiger partial charge in [0, 0.05) is 10.6 Å². The molecule has 3 rings (SSSR count). The van der Waals surface area contributed by atoms with Crippen molar-refractivity contribution in [3.05, 3.63) is 99.5 Å². The molecule has 5 nitrogen and oxygen atoms in total. The molecule has 0 spiro atoms. The second-order valence-corrected chi connectivity index (χ2v) is 6.49. The zero-order valence-electron chi connectivity index (χ0n) is 14.4. The molecule has 28 heavy (non-hydrogen) atoms. The lowest BCUT2D eigenvalue weighted by Gasteiger charge is -2.06. The van der Waals surface area contributed by atoms with Crippen LogP contribution in [0.15, 0.2) is 77.9 Å². The van der Waals surface area contributed by atoms with Gasteiger partial charge in [0.2, 0.25) is 0 Å². The van der Waals surface area contributed by atoms with Crippen molar-refractivity contribution in [2.24, 2.45) is 5.10 Å². The van der Waals surface area contributed by atoms with E-state index in [0.717, 1.165) is 0 Å². The Morgan fingerprint density at radius 3 is 2.39 bits per heavy atom. The topological polar surface area (TPSA) is 67.8 Å². The van der Waals surface area contributed by atoms with E-state index in [1.165, 1.54) is 6.21 Å². The van der Waals surface area contributed by atoms with Crippen molar-refractivity contribution in [2.75, 3.05) is 0 Å². The lowest BCUT2D eigenvalue weighted by molar-refractivity contribution is 0.0734.